The number of ether oxygens (including phenoxy) is 1. The predicted molar refractivity (Wildman–Crippen MR) is 106 cm³/mol. The first-order valence-corrected chi connectivity index (χ1v) is 9.94. The molecule has 7 nitrogen and oxygen atoms in total. The van der Waals surface area contributed by atoms with Gasteiger partial charge in [-0.05, 0) is 45.7 Å². The molecule has 1 N–H and O–H groups in total. The molecular weight excluding hydrogens is 356 g/mol. The number of rotatable bonds is 2. The van der Waals surface area contributed by atoms with Crippen LogP contribution in [0.15, 0.2) is 30.6 Å². The first-order valence-electron chi connectivity index (χ1n) is 9.94. The SMILES string of the molecule is CC(C)(C)NC(=O)N1CCC2(CC1)CC(Cn1cnc3ccccc31)OC2=O. The Morgan fingerprint density at radius 3 is 2.71 bits per heavy atom. The van der Waals surface area contributed by atoms with Crippen LogP contribution in [0.5, 0.6) is 0 Å². The Morgan fingerprint density at radius 1 is 1.29 bits per heavy atom. The number of imidazole rings is 1. The van der Waals surface area contributed by atoms with E-state index in [9.17, 15) is 9.59 Å². The van der Waals surface area contributed by atoms with Crippen LogP contribution in [0.25, 0.3) is 11.0 Å². The van der Waals surface area contributed by atoms with E-state index in [1.165, 1.54) is 0 Å². The molecule has 2 aliphatic heterocycles. The van der Waals surface area contributed by atoms with Gasteiger partial charge in [0.25, 0.3) is 0 Å². The molecular formula is C21H28N4O3. The van der Waals surface area contributed by atoms with Crippen LogP contribution in [0.1, 0.15) is 40.0 Å². The van der Waals surface area contributed by atoms with Gasteiger partial charge in [0.15, 0.2) is 0 Å². The average Bonchev–Trinajstić information content (AvgIpc) is 3.16. The van der Waals surface area contributed by atoms with Gasteiger partial charge >= 0.3 is 12.0 Å². The molecule has 2 aliphatic rings. The van der Waals surface area contributed by atoms with Crippen molar-refractivity contribution in [3.63, 3.8) is 0 Å². The fourth-order valence-electron chi connectivity index (χ4n) is 4.26. The Bertz CT molecular complexity index is 890. The summed E-state index contributed by atoms with van der Waals surface area (Å²) < 4.78 is 7.80. The largest absolute Gasteiger partial charge is 0.460 e. The van der Waals surface area contributed by atoms with Crippen LogP contribution >= 0.6 is 0 Å². The van der Waals surface area contributed by atoms with E-state index in [2.05, 4.69) is 14.9 Å². The van der Waals surface area contributed by atoms with Gasteiger partial charge < -0.3 is 19.5 Å². The molecule has 1 aromatic carbocycles. The van der Waals surface area contributed by atoms with Crippen LogP contribution in [-0.4, -0.2) is 51.2 Å². The number of carbonyl (C=O) groups is 2. The number of aromatic nitrogens is 2. The van der Waals surface area contributed by atoms with Gasteiger partial charge in [0.05, 0.1) is 29.3 Å². The van der Waals surface area contributed by atoms with Crippen molar-refractivity contribution in [1.82, 2.24) is 19.8 Å². The number of nitrogens with one attached hydrogen (secondary N) is 1. The van der Waals surface area contributed by atoms with Crippen molar-refractivity contribution < 1.29 is 14.3 Å². The van der Waals surface area contributed by atoms with E-state index in [0.717, 1.165) is 11.0 Å². The molecule has 7 heteroatoms. The quantitative estimate of drug-likeness (QED) is 0.808. The van der Waals surface area contributed by atoms with Gasteiger partial charge in [-0.15, -0.1) is 0 Å². The third kappa shape index (κ3) is 3.57. The summed E-state index contributed by atoms with van der Waals surface area (Å²) in [5.74, 6) is -0.113. The number of urea groups is 1. The number of fused-ring (bicyclic) bond motifs is 1. The van der Waals surface area contributed by atoms with Crippen molar-refractivity contribution in [3.05, 3.63) is 30.6 Å². The molecule has 0 saturated carbocycles. The lowest BCUT2D eigenvalue weighted by Crippen LogP contribution is -2.52. The Kier molecular flexibility index (Phi) is 4.56. The first kappa shape index (κ1) is 18.8. The summed E-state index contributed by atoms with van der Waals surface area (Å²) in [7, 11) is 0. The normalized spacial score (nSPS) is 21.9. The van der Waals surface area contributed by atoms with Crippen LogP contribution in [0.4, 0.5) is 4.79 Å². The van der Waals surface area contributed by atoms with E-state index in [1.807, 2.05) is 51.4 Å². The van der Waals surface area contributed by atoms with Crippen molar-refractivity contribution >= 4 is 23.0 Å². The Labute approximate surface area is 165 Å². The molecule has 2 aromatic rings. The van der Waals surface area contributed by atoms with Crippen LogP contribution in [-0.2, 0) is 16.1 Å². The second-order valence-electron chi connectivity index (χ2n) is 9.06. The van der Waals surface area contributed by atoms with E-state index >= 15 is 0 Å². The van der Waals surface area contributed by atoms with Crippen LogP contribution in [0, 0.1) is 5.41 Å². The maximum Gasteiger partial charge on any atom is 0.317 e. The molecule has 2 fully saturated rings. The minimum Gasteiger partial charge on any atom is -0.460 e. The topological polar surface area (TPSA) is 76.5 Å². The Hall–Kier alpha value is -2.57. The van der Waals surface area contributed by atoms with E-state index in [1.54, 1.807) is 4.90 Å². The lowest BCUT2D eigenvalue weighted by atomic mass is 9.76. The molecule has 2 amide bonds. The van der Waals surface area contributed by atoms with Gasteiger partial charge in [0, 0.05) is 25.0 Å². The average molecular weight is 384 g/mol. The molecule has 0 aliphatic carbocycles. The van der Waals surface area contributed by atoms with E-state index < -0.39 is 5.41 Å². The van der Waals surface area contributed by atoms with Gasteiger partial charge in [0.2, 0.25) is 0 Å². The number of carbonyl (C=O) groups excluding carboxylic acids is 2. The summed E-state index contributed by atoms with van der Waals surface area (Å²) in [5, 5.41) is 3.00. The zero-order chi connectivity index (χ0) is 19.9. The molecule has 2 saturated heterocycles. The Morgan fingerprint density at radius 2 is 2.00 bits per heavy atom. The molecule has 3 heterocycles. The highest BCUT2D eigenvalue weighted by molar-refractivity contribution is 5.80. The third-order valence-corrected chi connectivity index (χ3v) is 5.74. The monoisotopic (exact) mass is 384 g/mol. The summed E-state index contributed by atoms with van der Waals surface area (Å²) in [6, 6.07) is 7.90. The van der Waals surface area contributed by atoms with E-state index in [0.29, 0.717) is 38.9 Å². The summed E-state index contributed by atoms with van der Waals surface area (Å²) in [4.78, 5) is 31.3. The van der Waals surface area contributed by atoms with Gasteiger partial charge in [-0.1, -0.05) is 12.1 Å². The fourth-order valence-corrected chi connectivity index (χ4v) is 4.26. The standard InChI is InChI=1S/C21H28N4O3/c1-20(2,3)23-19(27)24-10-8-21(9-11-24)12-15(28-18(21)26)13-25-14-22-16-6-4-5-7-17(16)25/h4-7,14-15H,8-13H2,1-3H3,(H,23,27). The molecule has 150 valence electrons. The van der Waals surface area contributed by atoms with Crippen molar-refractivity contribution in [2.45, 2.75) is 58.2 Å². The number of cyclic esters (lactones) is 1. The van der Waals surface area contributed by atoms with Crippen LogP contribution < -0.4 is 5.32 Å². The first-order chi connectivity index (χ1) is 13.3. The highest BCUT2D eigenvalue weighted by Crippen LogP contribution is 2.43. The van der Waals surface area contributed by atoms with E-state index in [4.69, 9.17) is 4.74 Å². The minimum absolute atomic E-state index is 0.0600. The van der Waals surface area contributed by atoms with Crippen molar-refractivity contribution in [1.29, 1.82) is 0 Å². The molecule has 0 bridgehead atoms. The minimum atomic E-state index is -0.459. The molecule has 1 spiro atoms. The number of piperidine rings is 1. The predicted octanol–water partition coefficient (Wildman–Crippen LogP) is 2.94. The number of esters is 1. The molecule has 1 atom stereocenters. The molecule has 1 aromatic heterocycles. The number of hydrogen-bond donors (Lipinski definition) is 1. The molecule has 1 unspecified atom stereocenters. The van der Waals surface area contributed by atoms with Crippen LogP contribution in [0.2, 0.25) is 0 Å². The summed E-state index contributed by atoms with van der Waals surface area (Å²) in [5.41, 5.74) is 1.27. The number of nitrogens with zero attached hydrogens (tertiary/aromatic N) is 3. The Balaban J connectivity index is 1.39. The highest BCUT2D eigenvalue weighted by Gasteiger charge is 2.51. The number of likely N-dealkylation sites (tertiary alicyclic amines) is 1. The summed E-state index contributed by atoms with van der Waals surface area (Å²) >= 11 is 0. The molecule has 0 radical (unpaired) electrons. The zero-order valence-electron chi connectivity index (χ0n) is 16.8. The van der Waals surface area contributed by atoms with Crippen molar-refractivity contribution in [2.24, 2.45) is 5.41 Å². The van der Waals surface area contributed by atoms with Gasteiger partial charge in [-0.3, -0.25) is 4.79 Å². The maximum atomic E-state index is 12.7. The smallest absolute Gasteiger partial charge is 0.317 e. The van der Waals surface area contributed by atoms with Gasteiger partial charge in [0.1, 0.15) is 6.10 Å². The molecule has 28 heavy (non-hydrogen) atoms. The van der Waals surface area contributed by atoms with Crippen molar-refractivity contribution in [3.8, 4) is 0 Å². The van der Waals surface area contributed by atoms with Gasteiger partial charge in [-0.25, -0.2) is 9.78 Å². The van der Waals surface area contributed by atoms with Crippen LogP contribution in [0.3, 0.4) is 0 Å². The lowest BCUT2D eigenvalue weighted by Gasteiger charge is -2.37. The third-order valence-electron chi connectivity index (χ3n) is 5.74. The zero-order valence-corrected chi connectivity index (χ0v) is 16.8. The van der Waals surface area contributed by atoms with Crippen molar-refractivity contribution in [2.75, 3.05) is 13.1 Å². The highest BCUT2D eigenvalue weighted by atomic mass is 16.6. The number of benzene rings is 1. The number of para-hydroxylation sites is 2. The van der Waals surface area contributed by atoms with E-state index in [-0.39, 0.29) is 23.6 Å². The second-order valence-corrected chi connectivity index (χ2v) is 9.06. The summed E-state index contributed by atoms with van der Waals surface area (Å²) in [6.45, 7) is 7.68. The fraction of sp³-hybridized carbons (Fsp3) is 0.571. The maximum absolute atomic E-state index is 12.7. The number of hydrogen-bond acceptors (Lipinski definition) is 4. The second kappa shape index (κ2) is 6.79. The summed E-state index contributed by atoms with van der Waals surface area (Å²) in [6.07, 6.45) is 3.67. The lowest BCUT2D eigenvalue weighted by molar-refractivity contribution is -0.150. The molecule has 4 rings (SSSR count). The van der Waals surface area contributed by atoms with Gasteiger partial charge in [-0.2, -0.15) is 0 Å². The number of amides is 2.